The van der Waals surface area contributed by atoms with Crippen molar-refractivity contribution in [1.82, 2.24) is 4.90 Å². The largest absolute Gasteiger partial charge is 0.481 e. The van der Waals surface area contributed by atoms with Gasteiger partial charge in [-0.1, -0.05) is 0 Å². The zero-order valence-electron chi connectivity index (χ0n) is 9.02. The van der Waals surface area contributed by atoms with E-state index in [-0.39, 0.29) is 12.5 Å². The van der Waals surface area contributed by atoms with Gasteiger partial charge in [0.1, 0.15) is 5.76 Å². The van der Waals surface area contributed by atoms with E-state index in [2.05, 4.69) is 27.8 Å². The molecule has 1 unspecified atom stereocenters. The van der Waals surface area contributed by atoms with Gasteiger partial charge in [-0.2, -0.15) is 0 Å². The van der Waals surface area contributed by atoms with Crippen LogP contribution in [0.2, 0.25) is 0 Å². The summed E-state index contributed by atoms with van der Waals surface area (Å²) in [5, 5.41) is 8.65. The van der Waals surface area contributed by atoms with Gasteiger partial charge >= 0.3 is 5.97 Å². The molecule has 0 amide bonds. The molecular formula is C11H14BrNO3. The topological polar surface area (TPSA) is 53.7 Å². The second-order valence-electron chi connectivity index (χ2n) is 4.24. The molecule has 1 aromatic rings. The lowest BCUT2D eigenvalue weighted by molar-refractivity contribution is -0.139. The zero-order valence-corrected chi connectivity index (χ0v) is 10.6. The van der Waals surface area contributed by atoms with Crippen LogP contribution in [0.3, 0.4) is 0 Å². The lowest BCUT2D eigenvalue weighted by atomic mass is 9.94. The summed E-state index contributed by atoms with van der Waals surface area (Å²) in [6.45, 7) is 3.75. The highest BCUT2D eigenvalue weighted by molar-refractivity contribution is 9.10. The Morgan fingerprint density at radius 3 is 2.88 bits per heavy atom. The van der Waals surface area contributed by atoms with E-state index in [0.717, 1.165) is 23.5 Å². The standard InChI is InChI=1S/C11H14BrNO3/c1-7(9-2-3-10(12)16-9)13-5-8(6-13)4-11(14)15/h2-3,7-8H,4-6H2,1H3,(H,14,15). The average molecular weight is 288 g/mol. The summed E-state index contributed by atoms with van der Waals surface area (Å²) in [6, 6.07) is 4.04. The summed E-state index contributed by atoms with van der Waals surface area (Å²) in [5.74, 6) is 0.497. The van der Waals surface area contributed by atoms with Crippen LogP contribution >= 0.6 is 15.9 Å². The quantitative estimate of drug-likeness (QED) is 0.925. The Bertz CT molecular complexity index is 384. The predicted molar refractivity (Wildman–Crippen MR) is 62.1 cm³/mol. The van der Waals surface area contributed by atoms with Crippen LogP contribution in [0.5, 0.6) is 0 Å². The molecule has 88 valence electrons. The Labute approximate surface area is 102 Å². The summed E-state index contributed by atoms with van der Waals surface area (Å²) in [4.78, 5) is 12.7. The summed E-state index contributed by atoms with van der Waals surface area (Å²) >= 11 is 3.27. The SMILES string of the molecule is CC(c1ccc(Br)o1)N1CC(CC(=O)O)C1. The van der Waals surface area contributed by atoms with Gasteiger partial charge in [-0.25, -0.2) is 0 Å². The Morgan fingerprint density at radius 2 is 2.38 bits per heavy atom. The lowest BCUT2D eigenvalue weighted by Crippen LogP contribution is -2.48. The van der Waals surface area contributed by atoms with Gasteiger partial charge in [-0.15, -0.1) is 0 Å². The smallest absolute Gasteiger partial charge is 0.303 e. The number of aliphatic carboxylic acids is 1. The van der Waals surface area contributed by atoms with Crippen LogP contribution in [0.15, 0.2) is 21.2 Å². The van der Waals surface area contributed by atoms with Crippen molar-refractivity contribution in [1.29, 1.82) is 0 Å². The number of nitrogens with zero attached hydrogens (tertiary/aromatic N) is 1. The second kappa shape index (κ2) is 4.59. The van der Waals surface area contributed by atoms with Crippen LogP contribution in [-0.4, -0.2) is 29.1 Å². The van der Waals surface area contributed by atoms with Gasteiger partial charge in [-0.05, 0) is 40.9 Å². The normalized spacial score (nSPS) is 19.4. The third-order valence-corrected chi connectivity index (χ3v) is 3.43. The highest BCUT2D eigenvalue weighted by Gasteiger charge is 2.33. The van der Waals surface area contributed by atoms with Crippen molar-refractivity contribution in [2.75, 3.05) is 13.1 Å². The number of hydrogen-bond acceptors (Lipinski definition) is 3. The van der Waals surface area contributed by atoms with Gasteiger partial charge in [0.15, 0.2) is 4.67 Å². The zero-order chi connectivity index (χ0) is 11.7. The summed E-state index contributed by atoms with van der Waals surface area (Å²) in [7, 11) is 0. The van der Waals surface area contributed by atoms with Crippen LogP contribution in [0.4, 0.5) is 0 Å². The number of carboxylic acids is 1. The lowest BCUT2D eigenvalue weighted by Gasteiger charge is -2.41. The molecule has 1 saturated heterocycles. The van der Waals surface area contributed by atoms with Gasteiger partial charge in [-0.3, -0.25) is 9.69 Å². The third-order valence-electron chi connectivity index (χ3n) is 3.00. The number of carbonyl (C=O) groups is 1. The Balaban J connectivity index is 1.85. The maximum Gasteiger partial charge on any atom is 0.303 e. The molecule has 1 aliphatic heterocycles. The minimum absolute atomic E-state index is 0.219. The van der Waals surface area contributed by atoms with Gasteiger partial charge in [0.05, 0.1) is 12.5 Å². The van der Waals surface area contributed by atoms with Crippen LogP contribution in [0.25, 0.3) is 0 Å². The minimum Gasteiger partial charge on any atom is -0.481 e. The van der Waals surface area contributed by atoms with E-state index in [4.69, 9.17) is 9.52 Å². The van der Waals surface area contributed by atoms with E-state index in [1.807, 2.05) is 12.1 Å². The van der Waals surface area contributed by atoms with Crippen molar-refractivity contribution in [2.45, 2.75) is 19.4 Å². The van der Waals surface area contributed by atoms with Crippen molar-refractivity contribution in [2.24, 2.45) is 5.92 Å². The van der Waals surface area contributed by atoms with Crippen molar-refractivity contribution >= 4 is 21.9 Å². The van der Waals surface area contributed by atoms with Gasteiger partial charge in [0.25, 0.3) is 0 Å². The molecule has 1 atom stereocenters. The number of carboxylic acid groups (broad SMARTS) is 1. The number of halogens is 1. The fraction of sp³-hybridized carbons (Fsp3) is 0.545. The molecule has 1 fully saturated rings. The highest BCUT2D eigenvalue weighted by atomic mass is 79.9. The maximum absolute atomic E-state index is 10.5. The summed E-state index contributed by atoms with van der Waals surface area (Å²) in [6.07, 6.45) is 0.269. The number of hydrogen-bond donors (Lipinski definition) is 1. The Morgan fingerprint density at radius 1 is 1.69 bits per heavy atom. The van der Waals surface area contributed by atoms with E-state index in [1.165, 1.54) is 0 Å². The second-order valence-corrected chi connectivity index (χ2v) is 5.02. The van der Waals surface area contributed by atoms with Crippen molar-refractivity contribution in [3.05, 3.63) is 22.6 Å². The van der Waals surface area contributed by atoms with E-state index >= 15 is 0 Å². The van der Waals surface area contributed by atoms with Crippen LogP contribution in [0, 0.1) is 5.92 Å². The van der Waals surface area contributed by atoms with Crippen molar-refractivity contribution in [3.63, 3.8) is 0 Å². The van der Waals surface area contributed by atoms with Gasteiger partial charge < -0.3 is 9.52 Å². The molecule has 0 spiro atoms. The van der Waals surface area contributed by atoms with Crippen LogP contribution in [0.1, 0.15) is 25.1 Å². The fourth-order valence-corrected chi connectivity index (χ4v) is 2.35. The maximum atomic E-state index is 10.5. The average Bonchev–Trinajstić information content (AvgIpc) is 2.56. The Kier molecular flexibility index (Phi) is 3.35. The molecule has 5 heteroatoms. The van der Waals surface area contributed by atoms with Gasteiger partial charge in [0, 0.05) is 13.1 Å². The fourth-order valence-electron chi connectivity index (χ4n) is 2.03. The van der Waals surface area contributed by atoms with Crippen LogP contribution in [-0.2, 0) is 4.79 Å². The highest BCUT2D eigenvalue weighted by Crippen LogP contribution is 2.31. The molecule has 16 heavy (non-hydrogen) atoms. The first-order valence-corrected chi connectivity index (χ1v) is 6.06. The van der Waals surface area contributed by atoms with E-state index in [0.29, 0.717) is 5.92 Å². The molecule has 2 heterocycles. The molecule has 0 bridgehead atoms. The minimum atomic E-state index is -0.710. The first-order chi connectivity index (χ1) is 7.56. The molecule has 0 radical (unpaired) electrons. The van der Waals surface area contributed by atoms with E-state index in [1.54, 1.807) is 0 Å². The molecule has 2 rings (SSSR count). The predicted octanol–water partition coefficient (Wildman–Crippen LogP) is 2.51. The Hall–Kier alpha value is -0.810. The molecular weight excluding hydrogens is 274 g/mol. The van der Waals surface area contributed by atoms with E-state index < -0.39 is 5.97 Å². The van der Waals surface area contributed by atoms with Crippen molar-refractivity contribution < 1.29 is 14.3 Å². The molecule has 1 N–H and O–H groups in total. The molecule has 0 saturated carbocycles. The number of furan rings is 1. The first-order valence-electron chi connectivity index (χ1n) is 5.27. The van der Waals surface area contributed by atoms with Crippen molar-refractivity contribution in [3.8, 4) is 0 Å². The number of rotatable bonds is 4. The summed E-state index contributed by atoms with van der Waals surface area (Å²) in [5.41, 5.74) is 0. The molecule has 4 nitrogen and oxygen atoms in total. The first kappa shape index (κ1) is 11.7. The molecule has 1 aliphatic rings. The summed E-state index contributed by atoms with van der Waals surface area (Å²) < 4.78 is 6.21. The number of likely N-dealkylation sites (tertiary alicyclic amines) is 1. The molecule has 1 aromatic heterocycles. The third kappa shape index (κ3) is 2.47. The molecule has 0 aliphatic carbocycles. The molecule has 0 aromatic carbocycles. The monoisotopic (exact) mass is 287 g/mol. The van der Waals surface area contributed by atoms with Crippen LogP contribution < -0.4 is 0 Å². The van der Waals surface area contributed by atoms with Gasteiger partial charge in [0.2, 0.25) is 0 Å². The van der Waals surface area contributed by atoms with E-state index in [9.17, 15) is 4.79 Å².